The molecule has 3 rings (SSSR count). The van der Waals surface area contributed by atoms with Gasteiger partial charge in [-0.05, 0) is 30.2 Å². The van der Waals surface area contributed by atoms with Crippen molar-refractivity contribution in [3.63, 3.8) is 0 Å². The zero-order valence-corrected chi connectivity index (χ0v) is 12.2. The van der Waals surface area contributed by atoms with E-state index in [0.717, 1.165) is 11.1 Å². The zero-order valence-electron chi connectivity index (χ0n) is 12.2. The lowest BCUT2D eigenvalue weighted by atomic mass is 10.2. The second-order valence-corrected chi connectivity index (χ2v) is 5.07. The summed E-state index contributed by atoms with van der Waals surface area (Å²) < 4.78 is 5.71. The smallest absolute Gasteiger partial charge is 0.248 e. The van der Waals surface area contributed by atoms with Gasteiger partial charge in [0.25, 0.3) is 0 Å². The van der Waals surface area contributed by atoms with Gasteiger partial charge >= 0.3 is 0 Å². The number of benzene rings is 1. The molecule has 1 N–H and O–H groups in total. The number of H-pyrrole nitrogens is 1. The fraction of sp³-hybridized carbons (Fsp3) is 0.111. The summed E-state index contributed by atoms with van der Waals surface area (Å²) in [6.45, 7) is 2.34. The highest BCUT2D eigenvalue weighted by atomic mass is 16.5. The SMILES string of the molecule is Cc1cc(-c2cccc(OCc3ccccc3)n2)[nH]c(=O)c1. The van der Waals surface area contributed by atoms with Crippen molar-refractivity contribution >= 4 is 0 Å². The Bertz CT molecular complexity index is 826. The number of nitrogens with zero attached hydrogens (tertiary/aromatic N) is 1. The number of pyridine rings is 2. The van der Waals surface area contributed by atoms with Gasteiger partial charge in [-0.25, -0.2) is 4.98 Å². The first-order valence-electron chi connectivity index (χ1n) is 7.06. The number of ether oxygens (including phenoxy) is 1. The summed E-state index contributed by atoms with van der Waals surface area (Å²) in [5.41, 5.74) is 3.23. The normalized spacial score (nSPS) is 10.4. The van der Waals surface area contributed by atoms with Crippen LogP contribution in [0.25, 0.3) is 11.4 Å². The van der Waals surface area contributed by atoms with Gasteiger partial charge in [-0.3, -0.25) is 4.79 Å². The number of nitrogens with one attached hydrogen (secondary N) is 1. The highest BCUT2D eigenvalue weighted by molar-refractivity contribution is 5.55. The molecule has 0 aliphatic carbocycles. The Labute approximate surface area is 128 Å². The van der Waals surface area contributed by atoms with E-state index in [1.165, 1.54) is 0 Å². The second kappa shape index (κ2) is 6.26. The number of aryl methyl sites for hydroxylation is 1. The molecule has 0 unspecified atom stereocenters. The third kappa shape index (κ3) is 3.41. The van der Waals surface area contributed by atoms with Gasteiger partial charge in [0, 0.05) is 12.1 Å². The van der Waals surface area contributed by atoms with Crippen molar-refractivity contribution in [2.24, 2.45) is 0 Å². The van der Waals surface area contributed by atoms with Gasteiger partial charge in [-0.2, -0.15) is 0 Å². The molecule has 0 saturated carbocycles. The molecule has 110 valence electrons. The first-order chi connectivity index (χ1) is 10.7. The number of aromatic amines is 1. The van der Waals surface area contributed by atoms with Gasteiger partial charge in [0.15, 0.2) is 0 Å². The summed E-state index contributed by atoms with van der Waals surface area (Å²) in [5.74, 6) is 0.531. The quantitative estimate of drug-likeness (QED) is 0.802. The van der Waals surface area contributed by atoms with E-state index in [1.807, 2.05) is 55.5 Å². The van der Waals surface area contributed by atoms with E-state index in [-0.39, 0.29) is 5.56 Å². The van der Waals surface area contributed by atoms with Crippen LogP contribution in [-0.4, -0.2) is 9.97 Å². The van der Waals surface area contributed by atoms with Crippen LogP contribution in [0.1, 0.15) is 11.1 Å². The van der Waals surface area contributed by atoms with Crippen LogP contribution in [0, 0.1) is 6.92 Å². The van der Waals surface area contributed by atoms with Crippen molar-refractivity contribution < 1.29 is 4.74 Å². The molecule has 2 heterocycles. The van der Waals surface area contributed by atoms with Crippen molar-refractivity contribution in [3.8, 4) is 17.3 Å². The van der Waals surface area contributed by atoms with Crippen LogP contribution in [0.4, 0.5) is 0 Å². The molecular weight excluding hydrogens is 276 g/mol. The summed E-state index contributed by atoms with van der Waals surface area (Å²) in [6.07, 6.45) is 0. The minimum absolute atomic E-state index is 0.132. The zero-order chi connectivity index (χ0) is 15.4. The molecular formula is C18H16N2O2. The summed E-state index contributed by atoms with van der Waals surface area (Å²) in [7, 11) is 0. The van der Waals surface area contributed by atoms with Crippen molar-refractivity contribution in [2.75, 3.05) is 0 Å². The molecule has 0 spiro atoms. The molecule has 0 atom stereocenters. The molecule has 0 aliphatic rings. The van der Waals surface area contributed by atoms with E-state index in [4.69, 9.17) is 4.74 Å². The number of rotatable bonds is 4. The lowest BCUT2D eigenvalue weighted by molar-refractivity contribution is 0.294. The van der Waals surface area contributed by atoms with Crippen LogP contribution in [-0.2, 0) is 6.61 Å². The number of hydrogen-bond donors (Lipinski definition) is 1. The molecule has 2 aromatic heterocycles. The Morgan fingerprint density at radius 3 is 2.64 bits per heavy atom. The summed E-state index contributed by atoms with van der Waals surface area (Å²) in [6, 6.07) is 18.9. The third-order valence-corrected chi connectivity index (χ3v) is 3.22. The molecule has 22 heavy (non-hydrogen) atoms. The summed E-state index contributed by atoms with van der Waals surface area (Å²) >= 11 is 0. The highest BCUT2D eigenvalue weighted by Gasteiger charge is 2.04. The fourth-order valence-electron chi connectivity index (χ4n) is 2.20. The molecule has 0 fully saturated rings. The van der Waals surface area contributed by atoms with E-state index >= 15 is 0 Å². The predicted octanol–water partition coefficient (Wildman–Crippen LogP) is 3.32. The van der Waals surface area contributed by atoms with E-state index in [0.29, 0.717) is 23.9 Å². The largest absolute Gasteiger partial charge is 0.473 e. The first kappa shape index (κ1) is 14.1. The Morgan fingerprint density at radius 2 is 1.86 bits per heavy atom. The maximum absolute atomic E-state index is 11.6. The molecule has 0 amide bonds. The molecule has 0 radical (unpaired) electrons. The number of aromatic nitrogens is 2. The maximum Gasteiger partial charge on any atom is 0.248 e. The molecule has 3 aromatic rings. The Kier molecular flexibility index (Phi) is 4.01. The fourth-order valence-corrected chi connectivity index (χ4v) is 2.20. The van der Waals surface area contributed by atoms with Gasteiger partial charge in [0.05, 0.1) is 11.4 Å². The molecule has 0 saturated heterocycles. The van der Waals surface area contributed by atoms with Crippen molar-refractivity contribution in [3.05, 3.63) is 82.1 Å². The van der Waals surface area contributed by atoms with Gasteiger partial charge in [0.1, 0.15) is 6.61 Å². The molecule has 1 aromatic carbocycles. The minimum atomic E-state index is -0.132. The maximum atomic E-state index is 11.6. The van der Waals surface area contributed by atoms with Gasteiger partial charge in [-0.15, -0.1) is 0 Å². The Balaban J connectivity index is 1.82. The van der Waals surface area contributed by atoms with Crippen LogP contribution in [0.2, 0.25) is 0 Å². The topological polar surface area (TPSA) is 55.0 Å². The van der Waals surface area contributed by atoms with E-state index in [1.54, 1.807) is 12.1 Å². The van der Waals surface area contributed by atoms with E-state index in [9.17, 15) is 4.79 Å². The van der Waals surface area contributed by atoms with Gasteiger partial charge in [0.2, 0.25) is 11.4 Å². The molecule has 0 aliphatic heterocycles. The highest BCUT2D eigenvalue weighted by Crippen LogP contribution is 2.18. The Hall–Kier alpha value is -2.88. The van der Waals surface area contributed by atoms with Crippen LogP contribution in [0.3, 0.4) is 0 Å². The summed E-state index contributed by atoms with van der Waals surface area (Å²) in [4.78, 5) is 18.8. The first-order valence-corrected chi connectivity index (χ1v) is 7.06. The average molecular weight is 292 g/mol. The molecule has 4 heteroatoms. The van der Waals surface area contributed by atoms with E-state index in [2.05, 4.69) is 9.97 Å². The van der Waals surface area contributed by atoms with Gasteiger partial charge < -0.3 is 9.72 Å². The van der Waals surface area contributed by atoms with E-state index < -0.39 is 0 Å². The average Bonchev–Trinajstić information content (AvgIpc) is 2.53. The lowest BCUT2D eigenvalue weighted by Gasteiger charge is -2.07. The van der Waals surface area contributed by atoms with Crippen molar-refractivity contribution in [2.45, 2.75) is 13.5 Å². The van der Waals surface area contributed by atoms with Crippen LogP contribution >= 0.6 is 0 Å². The van der Waals surface area contributed by atoms with Crippen molar-refractivity contribution in [1.29, 1.82) is 0 Å². The van der Waals surface area contributed by atoms with Crippen LogP contribution < -0.4 is 10.3 Å². The third-order valence-electron chi connectivity index (χ3n) is 3.22. The van der Waals surface area contributed by atoms with Crippen LogP contribution in [0.5, 0.6) is 5.88 Å². The second-order valence-electron chi connectivity index (χ2n) is 5.07. The predicted molar refractivity (Wildman–Crippen MR) is 85.8 cm³/mol. The lowest BCUT2D eigenvalue weighted by Crippen LogP contribution is -2.06. The van der Waals surface area contributed by atoms with Crippen LogP contribution in [0.15, 0.2) is 65.5 Å². The number of hydrogen-bond acceptors (Lipinski definition) is 3. The monoisotopic (exact) mass is 292 g/mol. The minimum Gasteiger partial charge on any atom is -0.473 e. The molecule has 4 nitrogen and oxygen atoms in total. The summed E-state index contributed by atoms with van der Waals surface area (Å²) in [5, 5.41) is 0. The van der Waals surface area contributed by atoms with Crippen molar-refractivity contribution in [1.82, 2.24) is 9.97 Å². The van der Waals surface area contributed by atoms with Gasteiger partial charge in [-0.1, -0.05) is 36.4 Å². The standard InChI is InChI=1S/C18H16N2O2/c1-13-10-16(19-17(21)11-13)15-8-5-9-18(20-15)22-12-14-6-3-2-4-7-14/h2-11H,12H2,1H3,(H,19,21). The molecule has 0 bridgehead atoms. The Morgan fingerprint density at radius 1 is 1.05 bits per heavy atom.